The van der Waals surface area contributed by atoms with E-state index in [1.807, 2.05) is 0 Å². The van der Waals surface area contributed by atoms with Crippen molar-refractivity contribution in [3.05, 3.63) is 0 Å². The first-order chi connectivity index (χ1) is 17.4. The van der Waals surface area contributed by atoms with Crippen LogP contribution in [0, 0.1) is 11.3 Å². The van der Waals surface area contributed by atoms with Gasteiger partial charge in [0, 0.05) is 0 Å². The summed E-state index contributed by atoms with van der Waals surface area (Å²) in [6, 6.07) is 0. The Balaban J connectivity index is -0.00000612. The van der Waals surface area contributed by atoms with Crippen molar-refractivity contribution >= 4 is 18.4 Å². The fourth-order valence-electron chi connectivity index (χ4n) is 5.31. The average Bonchev–Trinajstić information content (AvgIpc) is 2.84. The van der Waals surface area contributed by atoms with E-state index in [4.69, 9.17) is 4.74 Å². The Morgan fingerprint density at radius 3 is 1.13 bits per heavy atom. The predicted octanol–water partition coefficient (Wildman–Crippen LogP) is 12.6. The van der Waals surface area contributed by atoms with Crippen LogP contribution in [0.4, 0.5) is 0 Å². The first-order valence-corrected chi connectivity index (χ1v) is 16.6. The zero-order valence-electron chi connectivity index (χ0n) is 26.9. The van der Waals surface area contributed by atoms with Gasteiger partial charge in [0.05, 0.1) is 12.5 Å². The van der Waals surface area contributed by atoms with E-state index >= 15 is 0 Å². The molecule has 3 nitrogen and oxygen atoms in total. The minimum Gasteiger partial charge on any atom is -0.465 e. The van der Waals surface area contributed by atoms with Crippen LogP contribution in [0.25, 0.3) is 0 Å². The molecule has 0 fully saturated rings. The van der Waals surface area contributed by atoms with E-state index in [0.29, 0.717) is 6.61 Å². The average molecular weight is 562 g/mol. The maximum absolute atomic E-state index is 12.8. The number of carbonyl (C=O) groups excluding carboxylic acids is 1. The second-order valence-corrected chi connectivity index (χ2v) is 12.7. The molecule has 0 amide bonds. The first-order valence-electron chi connectivity index (χ1n) is 16.6. The van der Waals surface area contributed by atoms with Gasteiger partial charge in [-0.25, -0.2) is 0 Å². The van der Waals surface area contributed by atoms with Crippen LogP contribution in [0.15, 0.2) is 0 Å². The van der Waals surface area contributed by atoms with Crippen molar-refractivity contribution in [1.82, 2.24) is 6.15 Å². The maximum atomic E-state index is 12.8. The van der Waals surface area contributed by atoms with Crippen molar-refractivity contribution in [1.29, 1.82) is 0 Å². The van der Waals surface area contributed by atoms with Crippen molar-refractivity contribution in [2.75, 3.05) is 6.61 Å². The van der Waals surface area contributed by atoms with Crippen LogP contribution in [-0.2, 0) is 9.53 Å². The Kier molecular flexibility index (Phi) is 34.7. The van der Waals surface area contributed by atoms with Crippen LogP contribution in [-0.4, -0.2) is 12.6 Å². The highest BCUT2D eigenvalue weighted by atomic mass is 35.5. The van der Waals surface area contributed by atoms with E-state index in [0.717, 1.165) is 19.3 Å². The molecule has 0 saturated heterocycles. The quantitative estimate of drug-likeness (QED) is 0.0800. The zero-order valence-corrected chi connectivity index (χ0v) is 27.7. The lowest BCUT2D eigenvalue weighted by Crippen LogP contribution is -2.30. The molecule has 0 aromatic rings. The second-order valence-electron chi connectivity index (χ2n) is 12.7. The van der Waals surface area contributed by atoms with Gasteiger partial charge in [-0.15, -0.1) is 12.4 Å². The van der Waals surface area contributed by atoms with Crippen molar-refractivity contribution in [3.63, 3.8) is 0 Å². The minimum absolute atomic E-state index is 0. The molecule has 232 valence electrons. The lowest BCUT2D eigenvalue weighted by molar-refractivity contribution is -0.153. The van der Waals surface area contributed by atoms with Gasteiger partial charge in [-0.1, -0.05) is 182 Å². The van der Waals surface area contributed by atoms with Crippen LogP contribution in [0.5, 0.6) is 0 Å². The smallest absolute Gasteiger partial charge is 0.309 e. The monoisotopic (exact) mass is 562 g/mol. The van der Waals surface area contributed by atoms with Crippen LogP contribution in [0.2, 0.25) is 0 Å². The number of hydrogen-bond donors (Lipinski definition) is 1. The fourth-order valence-corrected chi connectivity index (χ4v) is 5.31. The molecule has 0 aliphatic rings. The van der Waals surface area contributed by atoms with E-state index in [-0.39, 0.29) is 35.9 Å². The summed E-state index contributed by atoms with van der Waals surface area (Å²) in [7, 11) is 0. The number of carbonyl (C=O) groups is 1. The molecule has 4 heteroatoms. The molecule has 0 bridgehead atoms. The summed E-state index contributed by atoms with van der Waals surface area (Å²) in [5.74, 6) is 0.0894. The van der Waals surface area contributed by atoms with E-state index in [2.05, 4.69) is 34.6 Å². The highest BCUT2D eigenvalue weighted by Gasteiger charge is 2.31. The number of hydrogen-bond acceptors (Lipinski definition) is 3. The number of esters is 1. The summed E-state index contributed by atoms with van der Waals surface area (Å²) in [6.07, 6.45) is 33.4. The van der Waals surface area contributed by atoms with Crippen LogP contribution >= 0.6 is 12.4 Å². The van der Waals surface area contributed by atoms with Gasteiger partial charge in [0.15, 0.2) is 0 Å². The van der Waals surface area contributed by atoms with Crippen LogP contribution in [0.3, 0.4) is 0 Å². The third-order valence-electron chi connectivity index (χ3n) is 7.92. The molecule has 0 spiro atoms. The molecule has 3 N–H and O–H groups in total. The highest BCUT2D eigenvalue weighted by Crippen LogP contribution is 2.32. The number of rotatable bonds is 27. The molecule has 0 aromatic carbocycles. The molecular weight excluding hydrogens is 490 g/mol. The van der Waals surface area contributed by atoms with Gasteiger partial charge < -0.3 is 10.9 Å². The number of halogens is 1. The molecule has 0 aliphatic carbocycles. The third-order valence-corrected chi connectivity index (χ3v) is 7.92. The fraction of sp³-hybridized carbons (Fsp3) is 0.971. The summed E-state index contributed by atoms with van der Waals surface area (Å²) in [4.78, 5) is 12.8. The molecule has 0 aromatic heterocycles. The molecule has 0 heterocycles. The molecule has 0 saturated carbocycles. The summed E-state index contributed by atoms with van der Waals surface area (Å²) >= 11 is 0. The number of ether oxygens (including phenoxy) is 1. The SMILES string of the molecule is CCCCCCCCCCCCCCOC(=O)C(CCCCCCCCCCCCCC)C(C)(C)C.Cl.N. The Hall–Kier alpha value is -0.280. The molecule has 1 unspecified atom stereocenters. The Labute approximate surface area is 246 Å². The Morgan fingerprint density at radius 2 is 0.816 bits per heavy atom. The molecule has 0 aliphatic heterocycles. The molecule has 0 rings (SSSR count). The van der Waals surface area contributed by atoms with Crippen LogP contribution in [0.1, 0.15) is 195 Å². The Bertz CT molecular complexity index is 464. The Morgan fingerprint density at radius 1 is 0.526 bits per heavy atom. The van der Waals surface area contributed by atoms with Gasteiger partial charge in [-0.2, -0.15) is 0 Å². The van der Waals surface area contributed by atoms with Gasteiger partial charge in [0.2, 0.25) is 0 Å². The van der Waals surface area contributed by atoms with Crippen molar-refractivity contribution in [2.24, 2.45) is 11.3 Å². The second kappa shape index (κ2) is 31.3. The largest absolute Gasteiger partial charge is 0.465 e. The summed E-state index contributed by atoms with van der Waals surface area (Å²) in [5, 5.41) is 0. The molecule has 1 atom stereocenters. The van der Waals surface area contributed by atoms with E-state index in [1.165, 1.54) is 141 Å². The lowest BCUT2D eigenvalue weighted by atomic mass is 9.77. The van der Waals surface area contributed by atoms with Gasteiger partial charge in [0.1, 0.15) is 0 Å². The van der Waals surface area contributed by atoms with E-state index in [1.54, 1.807) is 0 Å². The third kappa shape index (κ3) is 28.7. The summed E-state index contributed by atoms with van der Waals surface area (Å²) in [5.41, 5.74) is -0.00853. The van der Waals surface area contributed by atoms with Crippen molar-refractivity contribution < 1.29 is 9.53 Å². The van der Waals surface area contributed by atoms with Gasteiger partial charge in [-0.3, -0.25) is 4.79 Å². The minimum atomic E-state index is -0.00853. The zero-order chi connectivity index (χ0) is 26.7. The van der Waals surface area contributed by atoms with Crippen LogP contribution < -0.4 is 6.15 Å². The van der Waals surface area contributed by atoms with Gasteiger partial charge in [-0.05, 0) is 18.3 Å². The van der Waals surface area contributed by atoms with E-state index < -0.39 is 0 Å². The highest BCUT2D eigenvalue weighted by molar-refractivity contribution is 5.85. The normalized spacial score (nSPS) is 12.0. The molecular formula is C34H72ClNO2. The van der Waals surface area contributed by atoms with Gasteiger partial charge >= 0.3 is 5.97 Å². The van der Waals surface area contributed by atoms with Crippen molar-refractivity contribution in [2.45, 2.75) is 195 Å². The molecule has 0 radical (unpaired) electrons. The van der Waals surface area contributed by atoms with Crippen molar-refractivity contribution in [3.8, 4) is 0 Å². The maximum Gasteiger partial charge on any atom is 0.309 e. The summed E-state index contributed by atoms with van der Waals surface area (Å²) < 4.78 is 5.74. The first kappa shape index (κ1) is 42.2. The predicted molar refractivity (Wildman–Crippen MR) is 173 cm³/mol. The lowest BCUT2D eigenvalue weighted by Gasteiger charge is -2.29. The molecule has 38 heavy (non-hydrogen) atoms. The van der Waals surface area contributed by atoms with Gasteiger partial charge in [0.25, 0.3) is 0 Å². The van der Waals surface area contributed by atoms with E-state index in [9.17, 15) is 4.79 Å². The summed E-state index contributed by atoms with van der Waals surface area (Å²) in [6.45, 7) is 11.8. The standard InChI is InChI=1S/C34H68O2.ClH.H3N/c1-6-8-10-12-14-16-18-20-22-24-26-28-30-32(34(3,4)5)33(35)36-31-29-27-25-23-21-19-17-15-13-11-9-7-2;;/h32H,6-31H2,1-5H3;1H;1H3. The number of unbranched alkanes of at least 4 members (excludes halogenated alkanes) is 22. The topological polar surface area (TPSA) is 61.3 Å².